The molecule has 0 aliphatic rings. The van der Waals surface area contributed by atoms with Crippen LogP contribution in [-0.2, 0) is 4.79 Å². The zero-order valence-electron chi connectivity index (χ0n) is 7.18. The van der Waals surface area contributed by atoms with Gasteiger partial charge in [0.1, 0.15) is 0 Å². The van der Waals surface area contributed by atoms with Crippen LogP contribution in [0.1, 0.15) is 10.4 Å². The third-order valence-electron chi connectivity index (χ3n) is 1.62. The van der Waals surface area contributed by atoms with Crippen molar-refractivity contribution in [3.05, 3.63) is 27.5 Å². The van der Waals surface area contributed by atoms with E-state index in [2.05, 4.69) is 0 Å². The van der Waals surface area contributed by atoms with Gasteiger partial charge in [-0.1, -0.05) is 23.2 Å². The fourth-order valence-corrected chi connectivity index (χ4v) is 1.42. The van der Waals surface area contributed by atoms with Gasteiger partial charge in [-0.2, -0.15) is 0 Å². The molecule has 1 aromatic carbocycles. The molecule has 0 bridgehead atoms. The summed E-state index contributed by atoms with van der Waals surface area (Å²) in [6, 6.07) is 1.08. The van der Waals surface area contributed by atoms with Gasteiger partial charge in [0.25, 0.3) is 5.91 Å². The molecule has 0 saturated carbocycles. The number of nitrogens with one attached hydrogen (secondary N) is 1. The number of benzene rings is 1. The molecule has 3 N–H and O–H groups in total. The van der Waals surface area contributed by atoms with Gasteiger partial charge in [0.2, 0.25) is 6.41 Å². The van der Waals surface area contributed by atoms with Gasteiger partial charge >= 0.3 is 0 Å². The Hall–Kier alpha value is -1.33. The molecule has 0 spiro atoms. The highest BCUT2D eigenvalue weighted by molar-refractivity contribution is 6.44. The zero-order chi connectivity index (χ0) is 11.6. The van der Waals surface area contributed by atoms with Crippen LogP contribution in [0.3, 0.4) is 0 Å². The molecule has 2 amide bonds. The van der Waals surface area contributed by atoms with E-state index in [0.717, 1.165) is 6.07 Å². The van der Waals surface area contributed by atoms with Crippen molar-refractivity contribution in [3.8, 4) is 0 Å². The van der Waals surface area contributed by atoms with Gasteiger partial charge in [-0.25, -0.2) is 4.39 Å². The number of anilines is 1. The molecule has 4 nitrogen and oxygen atoms in total. The average molecular weight is 251 g/mol. The number of carbonyl (C=O) groups excluding carboxylic acids is 2. The van der Waals surface area contributed by atoms with Crippen molar-refractivity contribution in [2.75, 3.05) is 5.32 Å². The van der Waals surface area contributed by atoms with E-state index in [9.17, 15) is 14.0 Å². The molecule has 0 atom stereocenters. The molecule has 0 radical (unpaired) electrons. The summed E-state index contributed by atoms with van der Waals surface area (Å²) in [6.45, 7) is 0. The summed E-state index contributed by atoms with van der Waals surface area (Å²) < 4.78 is 13.5. The van der Waals surface area contributed by atoms with E-state index >= 15 is 0 Å². The van der Waals surface area contributed by atoms with E-state index in [-0.39, 0.29) is 22.1 Å². The molecule has 0 heterocycles. The minimum Gasteiger partial charge on any atom is -0.365 e. The Morgan fingerprint density at radius 1 is 1.53 bits per heavy atom. The largest absolute Gasteiger partial charge is 0.365 e. The SMILES string of the molecule is NC(=O)c1c(F)c(NC=O)cc(Cl)c1Cl. The Morgan fingerprint density at radius 2 is 2.13 bits per heavy atom. The lowest BCUT2D eigenvalue weighted by molar-refractivity contribution is -0.105. The van der Waals surface area contributed by atoms with Gasteiger partial charge in [-0.3, -0.25) is 9.59 Å². The highest BCUT2D eigenvalue weighted by Crippen LogP contribution is 2.32. The minimum atomic E-state index is -1.06. The molecule has 0 unspecified atom stereocenters. The first-order valence-electron chi connectivity index (χ1n) is 3.66. The van der Waals surface area contributed by atoms with Crippen LogP contribution in [0.5, 0.6) is 0 Å². The average Bonchev–Trinajstić information content (AvgIpc) is 2.14. The van der Waals surface area contributed by atoms with Crippen LogP contribution < -0.4 is 11.1 Å². The molecule has 1 rings (SSSR count). The summed E-state index contributed by atoms with van der Waals surface area (Å²) in [7, 11) is 0. The number of halogens is 3. The lowest BCUT2D eigenvalue weighted by Crippen LogP contribution is -2.15. The minimum absolute atomic E-state index is 0.0729. The third-order valence-corrected chi connectivity index (χ3v) is 2.40. The Labute approximate surface area is 94.1 Å². The topological polar surface area (TPSA) is 72.2 Å². The molecule has 80 valence electrons. The van der Waals surface area contributed by atoms with Gasteiger partial charge in [-0.05, 0) is 6.07 Å². The molecule has 0 aromatic heterocycles. The molecular weight excluding hydrogens is 246 g/mol. The first kappa shape index (κ1) is 11.7. The third kappa shape index (κ3) is 2.19. The normalized spacial score (nSPS) is 9.80. The standard InChI is InChI=1S/C8H5Cl2FN2O2/c9-3-1-4(13-2-14)7(11)5(6(3)10)8(12)15/h1-2H,(H2,12,15)(H,13,14). The van der Waals surface area contributed by atoms with Crippen LogP contribution in [-0.4, -0.2) is 12.3 Å². The summed E-state index contributed by atoms with van der Waals surface area (Å²) >= 11 is 11.2. The molecule has 0 aliphatic carbocycles. The van der Waals surface area contributed by atoms with E-state index in [1.807, 2.05) is 5.32 Å². The molecule has 1 aromatic rings. The molecule has 0 fully saturated rings. The van der Waals surface area contributed by atoms with Gasteiger partial charge in [0, 0.05) is 0 Å². The summed E-state index contributed by atoms with van der Waals surface area (Å²) in [5.74, 6) is -2.07. The predicted molar refractivity (Wildman–Crippen MR) is 54.6 cm³/mol. The molecule has 0 aliphatic heterocycles. The van der Waals surface area contributed by atoms with Gasteiger partial charge in [-0.15, -0.1) is 0 Å². The first-order chi connectivity index (χ1) is 6.99. The first-order valence-corrected chi connectivity index (χ1v) is 4.42. The number of hydrogen-bond donors (Lipinski definition) is 2. The lowest BCUT2D eigenvalue weighted by Gasteiger charge is -2.08. The Bertz CT molecular complexity index is 437. The van der Waals surface area contributed by atoms with Gasteiger partial charge in [0.15, 0.2) is 5.82 Å². The van der Waals surface area contributed by atoms with E-state index in [4.69, 9.17) is 28.9 Å². The highest BCUT2D eigenvalue weighted by Gasteiger charge is 2.20. The molecular formula is C8H5Cl2FN2O2. The fourth-order valence-electron chi connectivity index (χ4n) is 0.989. The summed E-state index contributed by atoms with van der Waals surface area (Å²) in [5, 5.41) is 1.68. The quantitative estimate of drug-likeness (QED) is 0.635. The maximum atomic E-state index is 13.5. The van der Waals surface area contributed by atoms with E-state index in [0.29, 0.717) is 0 Å². The molecule has 7 heteroatoms. The van der Waals surface area contributed by atoms with Crippen molar-refractivity contribution in [2.45, 2.75) is 0 Å². The van der Waals surface area contributed by atoms with Crippen molar-refractivity contribution in [1.29, 1.82) is 0 Å². The van der Waals surface area contributed by atoms with Crippen LogP contribution in [0.4, 0.5) is 10.1 Å². The van der Waals surface area contributed by atoms with E-state index in [1.54, 1.807) is 0 Å². The Kier molecular flexibility index (Phi) is 3.49. The number of hydrogen-bond acceptors (Lipinski definition) is 2. The molecule has 15 heavy (non-hydrogen) atoms. The van der Waals surface area contributed by atoms with E-state index < -0.39 is 17.3 Å². The maximum absolute atomic E-state index is 13.5. The van der Waals surface area contributed by atoms with Crippen LogP contribution >= 0.6 is 23.2 Å². The zero-order valence-corrected chi connectivity index (χ0v) is 8.69. The predicted octanol–water partition coefficient (Wildman–Crippen LogP) is 1.80. The number of primary amides is 1. The maximum Gasteiger partial charge on any atom is 0.253 e. The monoisotopic (exact) mass is 250 g/mol. The van der Waals surface area contributed by atoms with Gasteiger partial charge < -0.3 is 11.1 Å². The summed E-state index contributed by atoms with van der Waals surface area (Å²) in [5.41, 5.74) is 4.11. The van der Waals surface area contributed by atoms with Crippen molar-refractivity contribution in [2.24, 2.45) is 5.73 Å². The Morgan fingerprint density at radius 3 is 2.60 bits per heavy atom. The van der Waals surface area contributed by atoms with Crippen molar-refractivity contribution in [1.82, 2.24) is 0 Å². The second-order valence-corrected chi connectivity index (χ2v) is 3.32. The van der Waals surface area contributed by atoms with Crippen LogP contribution in [0.2, 0.25) is 10.0 Å². The fraction of sp³-hybridized carbons (Fsp3) is 0. The number of rotatable bonds is 3. The number of nitrogens with two attached hydrogens (primary N) is 1. The van der Waals surface area contributed by atoms with Gasteiger partial charge in [0.05, 0.1) is 21.3 Å². The van der Waals surface area contributed by atoms with Crippen molar-refractivity contribution in [3.63, 3.8) is 0 Å². The van der Waals surface area contributed by atoms with Crippen molar-refractivity contribution < 1.29 is 14.0 Å². The van der Waals surface area contributed by atoms with Crippen LogP contribution in [0, 0.1) is 5.82 Å². The number of amides is 2. The smallest absolute Gasteiger partial charge is 0.253 e. The second-order valence-electron chi connectivity index (χ2n) is 2.54. The summed E-state index contributed by atoms with van der Waals surface area (Å²) in [6.07, 6.45) is 0.243. The second kappa shape index (κ2) is 4.46. The van der Waals surface area contributed by atoms with Crippen LogP contribution in [0.15, 0.2) is 6.07 Å². The summed E-state index contributed by atoms with van der Waals surface area (Å²) in [4.78, 5) is 21.0. The van der Waals surface area contributed by atoms with Crippen LogP contribution in [0.25, 0.3) is 0 Å². The molecule has 0 saturated heterocycles. The number of carbonyl (C=O) groups is 2. The highest BCUT2D eigenvalue weighted by atomic mass is 35.5. The van der Waals surface area contributed by atoms with E-state index in [1.165, 1.54) is 0 Å². The lowest BCUT2D eigenvalue weighted by atomic mass is 10.1. The Balaban J connectivity index is 3.48. The van der Waals surface area contributed by atoms with Crippen molar-refractivity contribution >= 4 is 41.2 Å².